The molecule has 1 aliphatic rings. The van der Waals surface area contributed by atoms with E-state index in [1.807, 2.05) is 0 Å². The van der Waals surface area contributed by atoms with Crippen LogP contribution in [0.1, 0.15) is 22.7 Å². The van der Waals surface area contributed by atoms with Crippen LogP contribution in [-0.2, 0) is 11.3 Å². The molecule has 2 aromatic rings. The molecule has 1 atom stereocenters. The minimum absolute atomic E-state index is 0.0438. The van der Waals surface area contributed by atoms with E-state index in [1.165, 1.54) is 24.3 Å². The van der Waals surface area contributed by atoms with Crippen LogP contribution in [-0.4, -0.2) is 22.9 Å². The SMILES string of the molecule is O=c1[nH]c(Cl)nc2c1COCC2c1ccc(OC(F)(F)F)cc1. The van der Waals surface area contributed by atoms with Gasteiger partial charge in [-0.2, -0.15) is 0 Å². The Kier molecular flexibility index (Phi) is 4.03. The zero-order valence-corrected chi connectivity index (χ0v) is 12.2. The number of aromatic amines is 1. The smallest absolute Gasteiger partial charge is 0.406 e. The number of nitrogens with one attached hydrogen (secondary N) is 1. The van der Waals surface area contributed by atoms with Gasteiger partial charge in [-0.25, -0.2) is 4.98 Å². The fourth-order valence-electron chi connectivity index (χ4n) is 2.43. The molecule has 0 amide bonds. The van der Waals surface area contributed by atoms with E-state index in [2.05, 4.69) is 14.7 Å². The summed E-state index contributed by atoms with van der Waals surface area (Å²) < 4.78 is 45.7. The maximum Gasteiger partial charge on any atom is 0.573 e. The molecular formula is C14H10ClF3N2O3. The average Bonchev–Trinajstić information content (AvgIpc) is 2.46. The van der Waals surface area contributed by atoms with Gasteiger partial charge < -0.3 is 9.47 Å². The van der Waals surface area contributed by atoms with Gasteiger partial charge in [-0.05, 0) is 29.3 Å². The molecule has 3 rings (SSSR count). The molecule has 23 heavy (non-hydrogen) atoms. The van der Waals surface area contributed by atoms with Crippen LogP contribution < -0.4 is 10.3 Å². The largest absolute Gasteiger partial charge is 0.573 e. The van der Waals surface area contributed by atoms with E-state index < -0.39 is 12.3 Å². The second-order valence-electron chi connectivity index (χ2n) is 4.91. The van der Waals surface area contributed by atoms with E-state index >= 15 is 0 Å². The van der Waals surface area contributed by atoms with Gasteiger partial charge >= 0.3 is 6.36 Å². The van der Waals surface area contributed by atoms with Gasteiger partial charge in [0.05, 0.1) is 30.4 Å². The summed E-state index contributed by atoms with van der Waals surface area (Å²) in [4.78, 5) is 18.4. The summed E-state index contributed by atoms with van der Waals surface area (Å²) >= 11 is 5.78. The number of fused-ring (bicyclic) bond motifs is 1. The van der Waals surface area contributed by atoms with Crippen molar-refractivity contribution in [3.05, 3.63) is 56.7 Å². The zero-order valence-electron chi connectivity index (χ0n) is 11.5. The summed E-state index contributed by atoms with van der Waals surface area (Å²) in [7, 11) is 0. The lowest BCUT2D eigenvalue weighted by Gasteiger charge is -2.24. The molecule has 0 radical (unpaired) electrons. The summed E-state index contributed by atoms with van der Waals surface area (Å²) in [5, 5.41) is -0.0438. The Morgan fingerprint density at radius 3 is 2.65 bits per heavy atom. The highest BCUT2D eigenvalue weighted by Crippen LogP contribution is 2.31. The molecule has 2 heterocycles. The van der Waals surface area contributed by atoms with Crippen molar-refractivity contribution in [2.75, 3.05) is 6.61 Å². The van der Waals surface area contributed by atoms with E-state index in [1.54, 1.807) is 0 Å². The van der Waals surface area contributed by atoms with Gasteiger partial charge in [0.2, 0.25) is 5.28 Å². The first-order valence-electron chi connectivity index (χ1n) is 6.55. The number of hydrogen-bond donors (Lipinski definition) is 1. The second-order valence-corrected chi connectivity index (χ2v) is 5.26. The molecule has 1 aliphatic heterocycles. The molecule has 0 aliphatic carbocycles. The van der Waals surface area contributed by atoms with Crippen LogP contribution >= 0.6 is 11.6 Å². The number of rotatable bonds is 2. The highest BCUT2D eigenvalue weighted by molar-refractivity contribution is 6.28. The molecule has 1 unspecified atom stereocenters. The summed E-state index contributed by atoms with van der Waals surface area (Å²) in [6.07, 6.45) is -4.75. The Hall–Kier alpha value is -2.06. The number of nitrogens with zero attached hydrogens (tertiary/aromatic N) is 1. The predicted octanol–water partition coefficient (Wildman–Crippen LogP) is 2.98. The van der Waals surface area contributed by atoms with Gasteiger partial charge in [0.25, 0.3) is 5.56 Å². The van der Waals surface area contributed by atoms with Gasteiger partial charge in [0.1, 0.15) is 5.75 Å². The molecule has 0 spiro atoms. The first kappa shape index (κ1) is 15.8. The first-order chi connectivity index (χ1) is 10.8. The van der Waals surface area contributed by atoms with Crippen molar-refractivity contribution in [2.24, 2.45) is 0 Å². The van der Waals surface area contributed by atoms with Crippen LogP contribution in [0.3, 0.4) is 0 Å². The Balaban J connectivity index is 1.94. The van der Waals surface area contributed by atoms with Crippen LogP contribution in [0, 0.1) is 0 Å². The lowest BCUT2D eigenvalue weighted by atomic mass is 9.92. The second kappa shape index (κ2) is 5.86. The molecule has 1 N–H and O–H groups in total. The van der Waals surface area contributed by atoms with Crippen LogP contribution in [0.5, 0.6) is 5.75 Å². The average molecular weight is 347 g/mol. The van der Waals surface area contributed by atoms with Crippen LogP contribution in [0.4, 0.5) is 13.2 Å². The third-order valence-electron chi connectivity index (χ3n) is 3.40. The van der Waals surface area contributed by atoms with Gasteiger partial charge in [-0.3, -0.25) is 9.78 Å². The molecule has 9 heteroatoms. The van der Waals surface area contributed by atoms with E-state index in [0.29, 0.717) is 16.8 Å². The third kappa shape index (κ3) is 3.48. The first-order valence-corrected chi connectivity index (χ1v) is 6.93. The van der Waals surface area contributed by atoms with Gasteiger partial charge in [-0.1, -0.05) is 12.1 Å². The highest BCUT2D eigenvalue weighted by Gasteiger charge is 2.31. The van der Waals surface area contributed by atoms with Crippen molar-refractivity contribution in [1.82, 2.24) is 9.97 Å². The minimum atomic E-state index is -4.75. The Morgan fingerprint density at radius 2 is 2.00 bits per heavy atom. The number of H-pyrrole nitrogens is 1. The number of benzene rings is 1. The zero-order chi connectivity index (χ0) is 16.6. The summed E-state index contributed by atoms with van der Waals surface area (Å²) in [6, 6.07) is 5.35. The van der Waals surface area contributed by atoms with Crippen molar-refractivity contribution in [3.63, 3.8) is 0 Å². The molecule has 1 aromatic carbocycles. The fraction of sp³-hybridized carbons (Fsp3) is 0.286. The molecule has 122 valence electrons. The lowest BCUT2D eigenvalue weighted by Crippen LogP contribution is -2.27. The normalized spacial score (nSPS) is 17.7. The summed E-state index contributed by atoms with van der Waals surface area (Å²) in [5.41, 5.74) is 1.09. The number of alkyl halides is 3. The summed E-state index contributed by atoms with van der Waals surface area (Å²) in [5.74, 6) is -0.714. The molecule has 1 aromatic heterocycles. The molecule has 0 fully saturated rings. The fourth-order valence-corrected chi connectivity index (χ4v) is 2.60. The maximum atomic E-state index is 12.2. The van der Waals surface area contributed by atoms with Crippen molar-refractivity contribution in [3.8, 4) is 5.75 Å². The lowest BCUT2D eigenvalue weighted by molar-refractivity contribution is -0.274. The van der Waals surface area contributed by atoms with Crippen molar-refractivity contribution >= 4 is 11.6 Å². The van der Waals surface area contributed by atoms with Crippen molar-refractivity contribution in [1.29, 1.82) is 0 Å². The quantitative estimate of drug-likeness (QED) is 0.849. The van der Waals surface area contributed by atoms with E-state index in [-0.39, 0.29) is 29.8 Å². The van der Waals surface area contributed by atoms with E-state index in [9.17, 15) is 18.0 Å². The predicted molar refractivity (Wildman–Crippen MR) is 74.5 cm³/mol. The molecular weight excluding hydrogens is 337 g/mol. The maximum absolute atomic E-state index is 12.2. The minimum Gasteiger partial charge on any atom is -0.406 e. The molecule has 0 bridgehead atoms. The summed E-state index contributed by atoms with van der Waals surface area (Å²) in [6.45, 7) is 0.361. The van der Waals surface area contributed by atoms with E-state index in [4.69, 9.17) is 16.3 Å². The molecule has 0 saturated heterocycles. The Morgan fingerprint density at radius 1 is 1.30 bits per heavy atom. The van der Waals surface area contributed by atoms with Gasteiger partial charge in [0, 0.05) is 0 Å². The Labute approximate surface area is 133 Å². The number of ether oxygens (including phenoxy) is 2. The highest BCUT2D eigenvalue weighted by atomic mass is 35.5. The number of halogens is 4. The monoisotopic (exact) mass is 346 g/mol. The van der Waals surface area contributed by atoms with E-state index in [0.717, 1.165) is 0 Å². The van der Waals surface area contributed by atoms with Crippen LogP contribution in [0.15, 0.2) is 29.1 Å². The van der Waals surface area contributed by atoms with Gasteiger partial charge in [0.15, 0.2) is 0 Å². The standard InChI is InChI=1S/C14H10ClF3N2O3/c15-13-19-11-9(5-22-6-10(11)12(21)20-13)7-1-3-8(4-2-7)23-14(16,17)18/h1-4,9H,5-6H2,(H,19,20,21). The van der Waals surface area contributed by atoms with Gasteiger partial charge in [-0.15, -0.1) is 13.2 Å². The van der Waals surface area contributed by atoms with Crippen LogP contribution in [0.25, 0.3) is 0 Å². The van der Waals surface area contributed by atoms with Crippen LogP contribution in [0.2, 0.25) is 5.28 Å². The Bertz CT molecular complexity index is 774. The topological polar surface area (TPSA) is 64.2 Å². The molecule has 5 nitrogen and oxygen atoms in total. The van der Waals surface area contributed by atoms with Crippen molar-refractivity contribution < 1.29 is 22.6 Å². The van der Waals surface area contributed by atoms with Crippen molar-refractivity contribution in [2.45, 2.75) is 18.9 Å². The third-order valence-corrected chi connectivity index (χ3v) is 3.57. The number of aromatic nitrogens is 2. The number of hydrogen-bond acceptors (Lipinski definition) is 4. The molecule has 0 saturated carbocycles.